The van der Waals surface area contributed by atoms with Crippen LogP contribution < -0.4 is 4.74 Å². The molecule has 7 heteroatoms. The van der Waals surface area contributed by atoms with Crippen LogP contribution in [0.3, 0.4) is 0 Å². The predicted octanol–water partition coefficient (Wildman–Crippen LogP) is 3.12. The van der Waals surface area contributed by atoms with Gasteiger partial charge in [0.05, 0.1) is 6.61 Å². The highest BCUT2D eigenvalue weighted by Crippen LogP contribution is 2.27. The topological polar surface area (TPSA) is 61.6 Å². The summed E-state index contributed by atoms with van der Waals surface area (Å²) < 4.78 is 38.6. The zero-order chi connectivity index (χ0) is 14.5. The van der Waals surface area contributed by atoms with Gasteiger partial charge < -0.3 is 13.9 Å². The Morgan fingerprint density at radius 1 is 1.45 bits per heavy atom. The largest absolute Gasteiger partial charge is 0.461 e. The summed E-state index contributed by atoms with van der Waals surface area (Å²) in [6.07, 6.45) is 1.09. The molecule has 0 saturated carbocycles. The average molecular weight is 283 g/mol. The van der Waals surface area contributed by atoms with E-state index in [1.807, 2.05) is 0 Å². The minimum atomic E-state index is -2.93. The highest BCUT2D eigenvalue weighted by molar-refractivity contribution is 5.93. The van der Waals surface area contributed by atoms with Crippen LogP contribution in [0.15, 0.2) is 35.1 Å². The minimum absolute atomic E-state index is 0.0129. The van der Waals surface area contributed by atoms with Gasteiger partial charge in [0.2, 0.25) is 0 Å². The zero-order valence-corrected chi connectivity index (χ0v) is 10.5. The number of alkyl halides is 2. The van der Waals surface area contributed by atoms with Crippen molar-refractivity contribution < 1.29 is 27.5 Å². The molecule has 0 aliphatic heterocycles. The van der Waals surface area contributed by atoms with Crippen molar-refractivity contribution >= 4 is 5.97 Å². The van der Waals surface area contributed by atoms with Crippen LogP contribution in [-0.4, -0.2) is 24.2 Å². The smallest absolute Gasteiger partial charge is 0.387 e. The third-order valence-corrected chi connectivity index (χ3v) is 2.36. The second kappa shape index (κ2) is 6.14. The zero-order valence-electron chi connectivity index (χ0n) is 10.5. The maximum absolute atomic E-state index is 12.2. The van der Waals surface area contributed by atoms with Crippen molar-refractivity contribution in [3.05, 3.63) is 36.4 Å². The SMILES string of the molecule is CCOC(=O)c1ncoc1-c1cccc(OC(F)F)c1. The van der Waals surface area contributed by atoms with E-state index < -0.39 is 12.6 Å². The number of halogens is 2. The summed E-state index contributed by atoms with van der Waals surface area (Å²) in [4.78, 5) is 15.4. The maximum Gasteiger partial charge on any atom is 0.387 e. The summed E-state index contributed by atoms with van der Waals surface area (Å²) in [5.41, 5.74) is 0.379. The van der Waals surface area contributed by atoms with Crippen LogP contribution in [0, 0.1) is 0 Å². The quantitative estimate of drug-likeness (QED) is 0.789. The lowest BCUT2D eigenvalue weighted by Gasteiger charge is -2.06. The van der Waals surface area contributed by atoms with Crippen LogP contribution in [0.25, 0.3) is 11.3 Å². The number of rotatable bonds is 5. The summed E-state index contributed by atoms with van der Waals surface area (Å²) in [6, 6.07) is 5.79. The van der Waals surface area contributed by atoms with E-state index in [1.165, 1.54) is 18.2 Å². The number of aromatic nitrogens is 1. The minimum Gasteiger partial charge on any atom is -0.461 e. The first-order chi connectivity index (χ1) is 9.61. The second-order valence-electron chi connectivity index (χ2n) is 3.66. The Hall–Kier alpha value is -2.44. The number of benzene rings is 1. The number of carbonyl (C=O) groups is 1. The van der Waals surface area contributed by atoms with E-state index in [0.717, 1.165) is 6.39 Å². The maximum atomic E-state index is 12.2. The molecule has 0 aliphatic rings. The molecule has 0 spiro atoms. The van der Waals surface area contributed by atoms with Gasteiger partial charge in [-0.15, -0.1) is 0 Å². The van der Waals surface area contributed by atoms with E-state index in [1.54, 1.807) is 13.0 Å². The van der Waals surface area contributed by atoms with Gasteiger partial charge in [-0.25, -0.2) is 9.78 Å². The molecule has 0 bridgehead atoms. The molecule has 0 unspecified atom stereocenters. The molecule has 0 atom stereocenters. The summed E-state index contributed by atoms with van der Waals surface area (Å²) in [6.45, 7) is -1.07. The molecule has 1 aromatic heterocycles. The molecule has 106 valence electrons. The van der Waals surface area contributed by atoms with Crippen LogP contribution in [0.1, 0.15) is 17.4 Å². The Balaban J connectivity index is 2.32. The number of oxazole rings is 1. The standard InChI is InChI=1S/C13H11F2NO4/c1-2-18-12(17)10-11(19-7-16-10)8-4-3-5-9(6-8)20-13(14)15/h3-7,13H,2H2,1H3. The lowest BCUT2D eigenvalue weighted by molar-refractivity contribution is -0.0498. The molecule has 5 nitrogen and oxygen atoms in total. The highest BCUT2D eigenvalue weighted by atomic mass is 19.3. The molecule has 0 saturated heterocycles. The van der Waals surface area contributed by atoms with Gasteiger partial charge in [-0.1, -0.05) is 12.1 Å². The third-order valence-electron chi connectivity index (χ3n) is 2.36. The molecule has 0 aliphatic carbocycles. The first-order valence-corrected chi connectivity index (χ1v) is 5.77. The Morgan fingerprint density at radius 2 is 2.25 bits per heavy atom. The van der Waals surface area contributed by atoms with Crippen molar-refractivity contribution in [2.45, 2.75) is 13.5 Å². The van der Waals surface area contributed by atoms with Crippen LogP contribution in [0.5, 0.6) is 5.75 Å². The predicted molar refractivity (Wildman–Crippen MR) is 64.5 cm³/mol. The summed E-state index contributed by atoms with van der Waals surface area (Å²) >= 11 is 0. The van der Waals surface area contributed by atoms with Crippen LogP contribution in [0.4, 0.5) is 8.78 Å². The van der Waals surface area contributed by atoms with Crippen molar-refractivity contribution in [3.8, 4) is 17.1 Å². The Labute approximate surface area is 113 Å². The van der Waals surface area contributed by atoms with Gasteiger partial charge in [-0.2, -0.15) is 8.78 Å². The molecule has 1 heterocycles. The van der Waals surface area contributed by atoms with Crippen molar-refractivity contribution in [2.24, 2.45) is 0 Å². The van der Waals surface area contributed by atoms with Crippen molar-refractivity contribution in [3.63, 3.8) is 0 Å². The fourth-order valence-electron chi connectivity index (χ4n) is 1.61. The van der Waals surface area contributed by atoms with E-state index >= 15 is 0 Å². The van der Waals surface area contributed by atoms with Gasteiger partial charge in [-0.05, 0) is 19.1 Å². The number of esters is 1. The van der Waals surface area contributed by atoms with Crippen molar-refractivity contribution in [1.82, 2.24) is 4.98 Å². The number of ether oxygens (including phenoxy) is 2. The monoisotopic (exact) mass is 283 g/mol. The fourth-order valence-corrected chi connectivity index (χ4v) is 1.61. The highest BCUT2D eigenvalue weighted by Gasteiger charge is 2.19. The number of nitrogens with zero attached hydrogens (tertiary/aromatic N) is 1. The van der Waals surface area contributed by atoms with Gasteiger partial charge in [0.25, 0.3) is 0 Å². The summed E-state index contributed by atoms with van der Waals surface area (Å²) in [5, 5.41) is 0. The first-order valence-electron chi connectivity index (χ1n) is 5.77. The van der Waals surface area contributed by atoms with Gasteiger partial charge in [0.15, 0.2) is 17.8 Å². The van der Waals surface area contributed by atoms with Gasteiger partial charge >= 0.3 is 12.6 Å². The summed E-state index contributed by atoms with van der Waals surface area (Å²) in [7, 11) is 0. The van der Waals surface area contributed by atoms with Crippen LogP contribution in [0.2, 0.25) is 0 Å². The van der Waals surface area contributed by atoms with Crippen LogP contribution in [-0.2, 0) is 4.74 Å². The molecule has 0 radical (unpaired) electrons. The van der Waals surface area contributed by atoms with E-state index in [0.29, 0.717) is 5.56 Å². The van der Waals surface area contributed by atoms with E-state index in [2.05, 4.69) is 9.72 Å². The second-order valence-corrected chi connectivity index (χ2v) is 3.66. The van der Waals surface area contributed by atoms with Crippen LogP contribution >= 0.6 is 0 Å². The molecule has 2 rings (SSSR count). The molecule has 1 aromatic carbocycles. The van der Waals surface area contributed by atoms with Crippen molar-refractivity contribution in [1.29, 1.82) is 0 Å². The number of carbonyl (C=O) groups excluding carboxylic acids is 1. The number of hydrogen-bond acceptors (Lipinski definition) is 5. The molecule has 0 N–H and O–H groups in total. The molecule has 0 fully saturated rings. The average Bonchev–Trinajstić information content (AvgIpc) is 2.87. The molecule has 2 aromatic rings. The van der Waals surface area contributed by atoms with Gasteiger partial charge in [0.1, 0.15) is 5.75 Å². The van der Waals surface area contributed by atoms with E-state index in [-0.39, 0.29) is 23.8 Å². The molecular formula is C13H11F2NO4. The van der Waals surface area contributed by atoms with Crippen molar-refractivity contribution in [2.75, 3.05) is 6.61 Å². The molecule has 20 heavy (non-hydrogen) atoms. The lowest BCUT2D eigenvalue weighted by Crippen LogP contribution is -2.06. The van der Waals surface area contributed by atoms with Gasteiger partial charge in [-0.3, -0.25) is 0 Å². The number of hydrogen-bond donors (Lipinski definition) is 0. The molecular weight excluding hydrogens is 272 g/mol. The lowest BCUT2D eigenvalue weighted by atomic mass is 10.1. The van der Waals surface area contributed by atoms with E-state index in [9.17, 15) is 13.6 Å². The summed E-state index contributed by atoms with van der Waals surface area (Å²) in [5.74, 6) is -0.539. The third kappa shape index (κ3) is 3.11. The Morgan fingerprint density at radius 3 is 2.95 bits per heavy atom. The Kier molecular flexibility index (Phi) is 4.29. The van der Waals surface area contributed by atoms with E-state index in [4.69, 9.17) is 9.15 Å². The molecule has 0 amide bonds. The fraction of sp³-hybridized carbons (Fsp3) is 0.231. The Bertz CT molecular complexity index is 598. The first kappa shape index (κ1) is 14.0. The normalized spacial score (nSPS) is 10.6. The van der Waals surface area contributed by atoms with Gasteiger partial charge in [0, 0.05) is 5.56 Å².